The minimum absolute atomic E-state index is 0.135. The summed E-state index contributed by atoms with van der Waals surface area (Å²) in [6, 6.07) is 6.68. The molecule has 0 fully saturated rings. The van der Waals surface area contributed by atoms with Gasteiger partial charge in [0.05, 0.1) is 12.7 Å². The van der Waals surface area contributed by atoms with Gasteiger partial charge in [-0.2, -0.15) is 0 Å². The number of rotatable bonds is 5. The number of aliphatic hydroxyl groups is 2. The molecule has 108 valence electrons. The van der Waals surface area contributed by atoms with Crippen molar-refractivity contribution in [3.05, 3.63) is 34.9 Å². The molecule has 0 heterocycles. The molecule has 0 saturated carbocycles. The number of aliphatic hydroxyl groups excluding tert-OH is 2. The third-order valence-electron chi connectivity index (χ3n) is 3.76. The van der Waals surface area contributed by atoms with E-state index in [0.717, 1.165) is 6.42 Å². The maximum absolute atomic E-state index is 9.63. The Morgan fingerprint density at radius 1 is 1.21 bits per heavy atom. The van der Waals surface area contributed by atoms with Crippen LogP contribution in [-0.4, -0.2) is 22.9 Å². The molecule has 0 aromatic heterocycles. The van der Waals surface area contributed by atoms with Gasteiger partial charge in [-0.1, -0.05) is 52.8 Å². The predicted molar refractivity (Wildman–Crippen MR) is 80.6 cm³/mol. The van der Waals surface area contributed by atoms with Crippen molar-refractivity contribution in [1.82, 2.24) is 0 Å². The Balaban J connectivity index is 3.08. The van der Waals surface area contributed by atoms with Crippen LogP contribution in [0.2, 0.25) is 0 Å². The number of hydrogen-bond donors (Lipinski definition) is 2. The van der Waals surface area contributed by atoms with E-state index >= 15 is 0 Å². The van der Waals surface area contributed by atoms with Crippen molar-refractivity contribution in [1.29, 1.82) is 0 Å². The van der Waals surface area contributed by atoms with E-state index < -0.39 is 6.10 Å². The van der Waals surface area contributed by atoms with Gasteiger partial charge in [-0.15, -0.1) is 0 Å². The lowest BCUT2D eigenvalue weighted by molar-refractivity contribution is 0.0834. The molecule has 2 atom stereocenters. The third kappa shape index (κ3) is 4.32. The van der Waals surface area contributed by atoms with Crippen LogP contribution in [0.5, 0.6) is 0 Å². The molecule has 1 rings (SSSR count). The van der Waals surface area contributed by atoms with Gasteiger partial charge >= 0.3 is 0 Å². The monoisotopic (exact) mass is 264 g/mol. The lowest BCUT2D eigenvalue weighted by Crippen LogP contribution is -2.17. The normalized spacial score (nSPS) is 15.3. The predicted octanol–water partition coefficient (Wildman–Crippen LogP) is 3.39. The van der Waals surface area contributed by atoms with Crippen molar-refractivity contribution in [2.24, 2.45) is 0 Å². The minimum Gasteiger partial charge on any atom is -0.394 e. The molecule has 0 aliphatic carbocycles. The Morgan fingerprint density at radius 3 is 2.32 bits per heavy atom. The molecule has 0 saturated heterocycles. The quantitative estimate of drug-likeness (QED) is 0.856. The SMILES string of the molecule is CCc1ccc(C(C)(C)C)cc1C(C)CC(O)CO. The molecule has 0 amide bonds. The first kappa shape index (κ1) is 16.2. The molecule has 0 bridgehead atoms. The van der Waals surface area contributed by atoms with Gasteiger partial charge in [-0.3, -0.25) is 0 Å². The molecule has 19 heavy (non-hydrogen) atoms. The second kappa shape index (κ2) is 6.53. The number of hydrogen-bond acceptors (Lipinski definition) is 2. The van der Waals surface area contributed by atoms with Crippen LogP contribution in [-0.2, 0) is 11.8 Å². The summed E-state index contributed by atoms with van der Waals surface area (Å²) in [6.45, 7) is 10.8. The zero-order chi connectivity index (χ0) is 14.6. The van der Waals surface area contributed by atoms with Gasteiger partial charge in [0.25, 0.3) is 0 Å². The molecule has 1 aromatic rings. The number of aryl methyl sites for hydroxylation is 1. The Bertz CT molecular complexity index is 404. The summed E-state index contributed by atoms with van der Waals surface area (Å²) in [7, 11) is 0. The molecule has 0 aliphatic rings. The van der Waals surface area contributed by atoms with Gasteiger partial charge in [0.1, 0.15) is 0 Å². The second-order valence-electron chi connectivity index (χ2n) is 6.49. The second-order valence-corrected chi connectivity index (χ2v) is 6.49. The summed E-state index contributed by atoms with van der Waals surface area (Å²) in [5, 5.41) is 18.6. The van der Waals surface area contributed by atoms with E-state index in [4.69, 9.17) is 5.11 Å². The summed E-state index contributed by atoms with van der Waals surface area (Å²) in [4.78, 5) is 0. The summed E-state index contributed by atoms with van der Waals surface area (Å²) in [6.07, 6.45) is 0.981. The van der Waals surface area contributed by atoms with E-state index in [-0.39, 0.29) is 17.9 Å². The standard InChI is InChI=1S/C17H28O2/c1-6-13-7-8-14(17(3,4)5)10-16(13)12(2)9-15(19)11-18/h7-8,10,12,15,18-19H,6,9,11H2,1-5H3. The maximum Gasteiger partial charge on any atom is 0.0776 e. The Hall–Kier alpha value is -0.860. The minimum atomic E-state index is -0.627. The lowest BCUT2D eigenvalue weighted by atomic mass is 9.82. The molecule has 0 aliphatic heterocycles. The summed E-state index contributed by atoms with van der Waals surface area (Å²) < 4.78 is 0. The molecule has 2 nitrogen and oxygen atoms in total. The lowest BCUT2D eigenvalue weighted by Gasteiger charge is -2.24. The highest BCUT2D eigenvalue weighted by atomic mass is 16.3. The van der Waals surface area contributed by atoms with Crippen LogP contribution in [0.4, 0.5) is 0 Å². The summed E-state index contributed by atoms with van der Waals surface area (Å²) in [5.41, 5.74) is 4.11. The van der Waals surface area contributed by atoms with Crippen LogP contribution in [0.3, 0.4) is 0 Å². The Morgan fingerprint density at radius 2 is 1.84 bits per heavy atom. The van der Waals surface area contributed by atoms with Crippen molar-refractivity contribution in [3.8, 4) is 0 Å². The molecule has 0 spiro atoms. The van der Waals surface area contributed by atoms with Crippen LogP contribution in [0.15, 0.2) is 18.2 Å². The van der Waals surface area contributed by atoms with Gasteiger partial charge in [-0.25, -0.2) is 0 Å². The fourth-order valence-electron chi connectivity index (χ4n) is 2.45. The van der Waals surface area contributed by atoms with Gasteiger partial charge in [-0.05, 0) is 40.9 Å². The first-order valence-electron chi connectivity index (χ1n) is 7.21. The fourth-order valence-corrected chi connectivity index (χ4v) is 2.45. The van der Waals surface area contributed by atoms with E-state index in [1.165, 1.54) is 16.7 Å². The summed E-state index contributed by atoms with van der Waals surface area (Å²) >= 11 is 0. The largest absolute Gasteiger partial charge is 0.394 e. The van der Waals surface area contributed by atoms with Gasteiger partial charge in [0.2, 0.25) is 0 Å². The van der Waals surface area contributed by atoms with Crippen LogP contribution >= 0.6 is 0 Å². The van der Waals surface area contributed by atoms with E-state index in [1.807, 2.05) is 0 Å². The van der Waals surface area contributed by atoms with E-state index in [2.05, 4.69) is 52.8 Å². The highest BCUT2D eigenvalue weighted by Gasteiger charge is 2.19. The first-order valence-corrected chi connectivity index (χ1v) is 7.21. The molecule has 2 N–H and O–H groups in total. The topological polar surface area (TPSA) is 40.5 Å². The average molecular weight is 264 g/mol. The van der Waals surface area contributed by atoms with Crippen molar-refractivity contribution < 1.29 is 10.2 Å². The van der Waals surface area contributed by atoms with E-state index in [9.17, 15) is 5.11 Å². The summed E-state index contributed by atoms with van der Waals surface area (Å²) in [5.74, 6) is 0.263. The Labute approximate surface area is 117 Å². The molecule has 1 aromatic carbocycles. The molecule has 2 heteroatoms. The molecular formula is C17H28O2. The van der Waals surface area contributed by atoms with Crippen LogP contribution in [0.25, 0.3) is 0 Å². The molecular weight excluding hydrogens is 236 g/mol. The molecule has 0 radical (unpaired) electrons. The fraction of sp³-hybridized carbons (Fsp3) is 0.647. The van der Waals surface area contributed by atoms with E-state index in [1.54, 1.807) is 0 Å². The zero-order valence-corrected chi connectivity index (χ0v) is 12.9. The third-order valence-corrected chi connectivity index (χ3v) is 3.76. The van der Waals surface area contributed by atoms with Crippen LogP contribution < -0.4 is 0 Å². The van der Waals surface area contributed by atoms with Crippen LogP contribution in [0.1, 0.15) is 63.6 Å². The Kier molecular flexibility index (Phi) is 5.57. The first-order chi connectivity index (χ1) is 8.79. The van der Waals surface area contributed by atoms with Crippen molar-refractivity contribution in [2.75, 3.05) is 6.61 Å². The molecule has 2 unspecified atom stereocenters. The maximum atomic E-state index is 9.63. The van der Waals surface area contributed by atoms with E-state index in [0.29, 0.717) is 6.42 Å². The highest BCUT2D eigenvalue weighted by Crippen LogP contribution is 2.30. The smallest absolute Gasteiger partial charge is 0.0776 e. The van der Waals surface area contributed by atoms with Crippen molar-refractivity contribution >= 4 is 0 Å². The van der Waals surface area contributed by atoms with Crippen molar-refractivity contribution in [3.63, 3.8) is 0 Å². The van der Waals surface area contributed by atoms with Crippen molar-refractivity contribution in [2.45, 2.75) is 64.9 Å². The van der Waals surface area contributed by atoms with Gasteiger partial charge in [0.15, 0.2) is 0 Å². The van der Waals surface area contributed by atoms with Crippen LogP contribution in [0, 0.1) is 0 Å². The average Bonchev–Trinajstić information content (AvgIpc) is 2.36. The zero-order valence-electron chi connectivity index (χ0n) is 12.9. The van der Waals surface area contributed by atoms with Gasteiger partial charge in [0, 0.05) is 0 Å². The van der Waals surface area contributed by atoms with Gasteiger partial charge < -0.3 is 10.2 Å². The number of benzene rings is 1. The highest BCUT2D eigenvalue weighted by molar-refractivity contribution is 5.37.